The number of carbonyl (C=O) groups is 2. The van der Waals surface area contributed by atoms with Gasteiger partial charge >= 0.3 is 5.97 Å². The fraction of sp³-hybridized carbons (Fsp3) is 0.385. The standard InChI is InChI=1S/C13H16ClNO3S/c1-19-7-6-11(13(17)18)15-12(16)10-4-2-9(8-14)3-5-10/h2-5,11H,6-8H2,1H3,(H,15,16)(H,17,18)/t11-/m0/s1. The van der Waals surface area contributed by atoms with E-state index in [0.29, 0.717) is 23.6 Å². The van der Waals surface area contributed by atoms with Crippen LogP contribution in [0.15, 0.2) is 24.3 Å². The zero-order valence-corrected chi connectivity index (χ0v) is 12.1. The van der Waals surface area contributed by atoms with E-state index in [0.717, 1.165) is 5.56 Å². The van der Waals surface area contributed by atoms with Crippen molar-refractivity contribution in [1.82, 2.24) is 5.32 Å². The van der Waals surface area contributed by atoms with E-state index in [4.69, 9.17) is 16.7 Å². The monoisotopic (exact) mass is 301 g/mol. The van der Waals surface area contributed by atoms with Crippen LogP contribution < -0.4 is 5.32 Å². The molecule has 0 fully saturated rings. The van der Waals surface area contributed by atoms with Crippen molar-refractivity contribution >= 4 is 35.2 Å². The maximum absolute atomic E-state index is 11.9. The number of carboxylic acid groups (broad SMARTS) is 1. The molecular weight excluding hydrogens is 286 g/mol. The minimum absolute atomic E-state index is 0.380. The fourth-order valence-corrected chi connectivity index (χ4v) is 2.13. The van der Waals surface area contributed by atoms with E-state index in [1.165, 1.54) is 0 Å². The Kier molecular flexibility index (Phi) is 6.73. The van der Waals surface area contributed by atoms with Crippen LogP contribution in [0.5, 0.6) is 0 Å². The minimum atomic E-state index is -1.01. The molecule has 0 aromatic heterocycles. The van der Waals surface area contributed by atoms with Gasteiger partial charge in [-0.15, -0.1) is 11.6 Å². The Balaban J connectivity index is 2.67. The average molecular weight is 302 g/mol. The lowest BCUT2D eigenvalue weighted by Crippen LogP contribution is -2.41. The number of alkyl halides is 1. The van der Waals surface area contributed by atoms with Gasteiger partial charge in [-0.3, -0.25) is 4.79 Å². The van der Waals surface area contributed by atoms with Crippen LogP contribution in [0.4, 0.5) is 0 Å². The number of amides is 1. The Morgan fingerprint density at radius 2 is 2.00 bits per heavy atom. The molecule has 1 rings (SSSR count). The van der Waals surface area contributed by atoms with Crippen molar-refractivity contribution in [2.75, 3.05) is 12.0 Å². The number of thioether (sulfide) groups is 1. The van der Waals surface area contributed by atoms with E-state index < -0.39 is 12.0 Å². The molecule has 0 unspecified atom stereocenters. The van der Waals surface area contributed by atoms with Crippen molar-refractivity contribution in [1.29, 1.82) is 0 Å². The lowest BCUT2D eigenvalue weighted by molar-refractivity contribution is -0.139. The molecule has 0 heterocycles. The predicted octanol–water partition coefficient (Wildman–Crippen LogP) is 2.36. The summed E-state index contributed by atoms with van der Waals surface area (Å²) in [5, 5.41) is 11.6. The van der Waals surface area contributed by atoms with Crippen LogP contribution in [-0.4, -0.2) is 35.0 Å². The van der Waals surface area contributed by atoms with Crippen LogP contribution in [0.1, 0.15) is 22.3 Å². The van der Waals surface area contributed by atoms with Gasteiger partial charge in [0.25, 0.3) is 5.91 Å². The van der Waals surface area contributed by atoms with Crippen LogP contribution in [0.25, 0.3) is 0 Å². The summed E-state index contributed by atoms with van der Waals surface area (Å²) in [5.74, 6) is -0.329. The maximum Gasteiger partial charge on any atom is 0.326 e. The lowest BCUT2D eigenvalue weighted by Gasteiger charge is -2.14. The second-order valence-electron chi connectivity index (χ2n) is 3.98. The molecule has 1 aromatic carbocycles. The molecule has 0 aliphatic heterocycles. The number of hydrogen-bond acceptors (Lipinski definition) is 3. The summed E-state index contributed by atoms with van der Waals surface area (Å²) in [6.07, 6.45) is 2.30. The Labute approximate surface area is 121 Å². The number of carbonyl (C=O) groups excluding carboxylic acids is 1. The Bertz CT molecular complexity index is 436. The predicted molar refractivity (Wildman–Crippen MR) is 77.9 cm³/mol. The van der Waals surface area contributed by atoms with E-state index in [9.17, 15) is 9.59 Å². The van der Waals surface area contributed by atoms with Crippen molar-refractivity contribution in [3.63, 3.8) is 0 Å². The summed E-state index contributed by atoms with van der Waals surface area (Å²) >= 11 is 7.21. The highest BCUT2D eigenvalue weighted by atomic mass is 35.5. The number of hydrogen-bond donors (Lipinski definition) is 2. The first-order valence-corrected chi connectivity index (χ1v) is 7.68. The van der Waals surface area contributed by atoms with Crippen LogP contribution in [-0.2, 0) is 10.7 Å². The molecule has 1 aromatic rings. The fourth-order valence-electron chi connectivity index (χ4n) is 1.48. The topological polar surface area (TPSA) is 66.4 Å². The van der Waals surface area contributed by atoms with Crippen LogP contribution in [0.3, 0.4) is 0 Å². The molecule has 0 bridgehead atoms. The van der Waals surface area contributed by atoms with E-state index >= 15 is 0 Å². The van der Waals surface area contributed by atoms with Crippen molar-refractivity contribution < 1.29 is 14.7 Å². The van der Waals surface area contributed by atoms with Crippen molar-refractivity contribution in [3.8, 4) is 0 Å². The van der Waals surface area contributed by atoms with Gasteiger partial charge in [-0.2, -0.15) is 11.8 Å². The minimum Gasteiger partial charge on any atom is -0.480 e. The zero-order valence-electron chi connectivity index (χ0n) is 10.6. The Hall–Kier alpha value is -1.20. The van der Waals surface area contributed by atoms with E-state index in [1.54, 1.807) is 36.0 Å². The highest BCUT2D eigenvalue weighted by Crippen LogP contribution is 2.08. The second kappa shape index (κ2) is 8.07. The second-order valence-corrected chi connectivity index (χ2v) is 5.23. The molecular formula is C13H16ClNO3S. The number of halogens is 1. The molecule has 0 saturated heterocycles. The zero-order chi connectivity index (χ0) is 14.3. The van der Waals surface area contributed by atoms with Gasteiger partial charge in [-0.1, -0.05) is 12.1 Å². The molecule has 0 aliphatic rings. The number of nitrogens with one attached hydrogen (secondary N) is 1. The van der Waals surface area contributed by atoms with Gasteiger partial charge in [0.05, 0.1) is 0 Å². The summed E-state index contributed by atoms with van der Waals surface area (Å²) in [7, 11) is 0. The van der Waals surface area contributed by atoms with Gasteiger partial charge in [-0.05, 0) is 36.1 Å². The molecule has 6 heteroatoms. The smallest absolute Gasteiger partial charge is 0.326 e. The highest BCUT2D eigenvalue weighted by Gasteiger charge is 2.19. The molecule has 1 atom stereocenters. The SMILES string of the molecule is CSCC[C@H](NC(=O)c1ccc(CCl)cc1)C(=O)O. The third-order valence-electron chi connectivity index (χ3n) is 2.58. The number of carboxylic acids is 1. The first-order chi connectivity index (χ1) is 9.08. The summed E-state index contributed by atoms with van der Waals surface area (Å²) in [6.45, 7) is 0. The van der Waals surface area contributed by atoms with Gasteiger partial charge in [0, 0.05) is 11.4 Å². The first kappa shape index (κ1) is 15.9. The van der Waals surface area contributed by atoms with Crippen molar-refractivity contribution in [3.05, 3.63) is 35.4 Å². The Morgan fingerprint density at radius 1 is 1.37 bits per heavy atom. The van der Waals surface area contributed by atoms with Crippen molar-refractivity contribution in [2.45, 2.75) is 18.3 Å². The van der Waals surface area contributed by atoms with Gasteiger partial charge in [-0.25, -0.2) is 4.79 Å². The molecule has 2 N–H and O–H groups in total. The molecule has 0 radical (unpaired) electrons. The molecule has 0 aliphatic carbocycles. The van der Waals surface area contributed by atoms with Crippen LogP contribution in [0, 0.1) is 0 Å². The maximum atomic E-state index is 11.9. The third kappa shape index (κ3) is 5.12. The van der Waals surface area contributed by atoms with Gasteiger partial charge in [0.2, 0.25) is 0 Å². The van der Waals surface area contributed by atoms with E-state index in [2.05, 4.69) is 5.32 Å². The summed E-state index contributed by atoms with van der Waals surface area (Å²) in [6, 6.07) is 5.92. The number of rotatable bonds is 7. The summed E-state index contributed by atoms with van der Waals surface area (Å²) in [5.41, 5.74) is 1.35. The van der Waals surface area contributed by atoms with E-state index in [-0.39, 0.29) is 5.91 Å². The quantitative estimate of drug-likeness (QED) is 0.759. The summed E-state index contributed by atoms with van der Waals surface area (Å²) < 4.78 is 0. The average Bonchev–Trinajstić information content (AvgIpc) is 2.43. The van der Waals surface area contributed by atoms with Gasteiger partial charge in [0.1, 0.15) is 6.04 Å². The largest absolute Gasteiger partial charge is 0.480 e. The molecule has 4 nitrogen and oxygen atoms in total. The van der Waals surface area contributed by atoms with Crippen LogP contribution >= 0.6 is 23.4 Å². The molecule has 104 valence electrons. The molecule has 0 saturated carbocycles. The number of aliphatic carboxylic acids is 1. The molecule has 1 amide bonds. The third-order valence-corrected chi connectivity index (χ3v) is 3.54. The van der Waals surface area contributed by atoms with E-state index in [1.807, 2.05) is 6.26 Å². The highest BCUT2D eigenvalue weighted by molar-refractivity contribution is 7.98. The number of benzene rings is 1. The van der Waals surface area contributed by atoms with Crippen molar-refractivity contribution in [2.24, 2.45) is 0 Å². The van der Waals surface area contributed by atoms with Crippen LogP contribution in [0.2, 0.25) is 0 Å². The summed E-state index contributed by atoms with van der Waals surface area (Å²) in [4.78, 5) is 22.9. The Morgan fingerprint density at radius 3 is 2.47 bits per heavy atom. The molecule has 0 spiro atoms. The molecule has 19 heavy (non-hydrogen) atoms. The van der Waals surface area contributed by atoms with Gasteiger partial charge < -0.3 is 10.4 Å². The normalized spacial score (nSPS) is 11.9. The lowest BCUT2D eigenvalue weighted by atomic mass is 10.1. The first-order valence-electron chi connectivity index (χ1n) is 5.76. The van der Waals surface area contributed by atoms with Gasteiger partial charge in [0.15, 0.2) is 0 Å².